The zero-order valence-corrected chi connectivity index (χ0v) is 36.8. The molecule has 4 saturated heterocycles. The van der Waals surface area contributed by atoms with E-state index in [4.69, 9.17) is 8.83 Å². The van der Waals surface area contributed by atoms with Crippen LogP contribution in [0.4, 0.5) is 11.4 Å². The number of nitrogens with zero attached hydrogens (tertiary/aromatic N) is 12. The van der Waals surface area contributed by atoms with Gasteiger partial charge in [0.2, 0.25) is 11.6 Å². The van der Waals surface area contributed by atoms with E-state index >= 15 is 0 Å². The van der Waals surface area contributed by atoms with Gasteiger partial charge in [0.15, 0.2) is 34.6 Å². The van der Waals surface area contributed by atoms with E-state index in [2.05, 4.69) is 111 Å². The lowest BCUT2D eigenvalue weighted by atomic mass is 10.1. The Bertz CT molecular complexity index is 2130. The van der Waals surface area contributed by atoms with Crippen molar-refractivity contribution in [2.45, 2.75) is 61.9 Å². The summed E-state index contributed by atoms with van der Waals surface area (Å²) in [5.41, 5.74) is 4.43. The molecule has 0 radical (unpaired) electrons. The van der Waals surface area contributed by atoms with Gasteiger partial charge in [0.25, 0.3) is 0 Å². The van der Waals surface area contributed by atoms with Crippen LogP contribution >= 0.6 is 23.5 Å². The van der Waals surface area contributed by atoms with Gasteiger partial charge in [-0.1, -0.05) is 59.9 Å². The first-order chi connectivity index (χ1) is 29.4. The number of benzene rings is 2. The average Bonchev–Trinajstić information content (AvgIpc) is 4.13. The maximum absolute atomic E-state index is 5.46. The smallest absolute Gasteiger partial charge is 0.202 e. The van der Waals surface area contributed by atoms with Crippen molar-refractivity contribution in [3.63, 3.8) is 0 Å². The van der Waals surface area contributed by atoms with Crippen molar-refractivity contribution in [1.82, 2.24) is 49.3 Å². The molecule has 10 rings (SSSR count). The molecule has 6 aromatic rings. The molecule has 16 heteroatoms. The summed E-state index contributed by atoms with van der Waals surface area (Å²) in [7, 11) is 3.97. The van der Waals surface area contributed by atoms with E-state index in [1.54, 1.807) is 23.5 Å². The lowest BCUT2D eigenvalue weighted by Gasteiger charge is -2.27. The summed E-state index contributed by atoms with van der Waals surface area (Å²) in [6, 6.07) is 23.1. The molecular weight excluding hydrogens is 793 g/mol. The zero-order chi connectivity index (χ0) is 41.0. The molecule has 4 aromatic heterocycles. The van der Waals surface area contributed by atoms with Crippen LogP contribution in [-0.4, -0.2) is 125 Å². The number of likely N-dealkylation sites (tertiary alicyclic amines) is 2. The van der Waals surface area contributed by atoms with Gasteiger partial charge in [-0.2, -0.15) is 0 Å². The number of hydrogen-bond donors (Lipinski definition) is 0. The normalized spacial score (nSPS) is 21.5. The Labute approximate surface area is 361 Å². The van der Waals surface area contributed by atoms with Gasteiger partial charge in [-0.05, 0) is 88.7 Å². The van der Waals surface area contributed by atoms with Crippen LogP contribution in [-0.2, 0) is 14.1 Å². The van der Waals surface area contributed by atoms with Crippen LogP contribution in [0, 0.1) is 25.7 Å². The van der Waals surface area contributed by atoms with Crippen molar-refractivity contribution in [2.24, 2.45) is 25.9 Å². The summed E-state index contributed by atoms with van der Waals surface area (Å²) in [6.07, 6.45) is 7.84. The molecule has 316 valence electrons. The minimum absolute atomic E-state index is 0.673. The number of fused-ring (bicyclic) bond motifs is 2. The highest BCUT2D eigenvalue weighted by molar-refractivity contribution is 7.99. The van der Waals surface area contributed by atoms with Crippen LogP contribution in [0.1, 0.15) is 37.1 Å². The third-order valence-electron chi connectivity index (χ3n) is 12.7. The summed E-state index contributed by atoms with van der Waals surface area (Å²) < 4.78 is 14.9. The standard InChI is InChI=1S/2C22H28N6OS/c2*1-16-20(29-15-23-16)21-24-25-22(26(21)2)30-12-6-10-27-13-17-9-11-28(19(17)14-27)18-7-4-3-5-8-18/h2*3-5,7-8,15,17,19H,6,9-14H2,1-2H3/t2*17-,19+/m10/s1. The lowest BCUT2D eigenvalue weighted by Crippen LogP contribution is -2.35. The van der Waals surface area contributed by atoms with Crippen LogP contribution in [0.15, 0.2) is 92.6 Å². The van der Waals surface area contributed by atoms with Crippen LogP contribution in [0.5, 0.6) is 0 Å². The molecule has 4 fully saturated rings. The van der Waals surface area contributed by atoms with Gasteiger partial charge in [0, 0.05) is 88.3 Å². The highest BCUT2D eigenvalue weighted by Crippen LogP contribution is 2.37. The van der Waals surface area contributed by atoms with Gasteiger partial charge in [-0.3, -0.25) is 0 Å². The molecule has 0 amide bonds. The van der Waals surface area contributed by atoms with E-state index in [1.807, 2.05) is 37.1 Å². The Kier molecular flexibility index (Phi) is 12.6. The molecule has 0 bridgehead atoms. The van der Waals surface area contributed by atoms with E-state index < -0.39 is 0 Å². The number of para-hydroxylation sites is 2. The monoisotopic (exact) mass is 848 g/mol. The maximum atomic E-state index is 5.46. The van der Waals surface area contributed by atoms with Crippen molar-refractivity contribution in [3.05, 3.63) is 84.8 Å². The quantitative estimate of drug-likeness (QED) is 0.0830. The van der Waals surface area contributed by atoms with Gasteiger partial charge < -0.3 is 37.6 Å². The first kappa shape index (κ1) is 40.7. The molecule has 0 saturated carbocycles. The summed E-state index contributed by atoms with van der Waals surface area (Å²) in [5.74, 6) is 6.56. The Morgan fingerprint density at radius 2 is 1.02 bits per heavy atom. The van der Waals surface area contributed by atoms with Gasteiger partial charge >= 0.3 is 0 Å². The predicted octanol–water partition coefficient (Wildman–Crippen LogP) is 6.94. The van der Waals surface area contributed by atoms with Crippen molar-refractivity contribution < 1.29 is 8.83 Å². The van der Waals surface area contributed by atoms with Crippen molar-refractivity contribution >= 4 is 34.9 Å². The molecule has 4 aliphatic rings. The zero-order valence-electron chi connectivity index (χ0n) is 35.1. The Hall–Kier alpha value is -4.64. The Morgan fingerprint density at radius 1 is 0.583 bits per heavy atom. The third-order valence-corrected chi connectivity index (χ3v) is 14.9. The fourth-order valence-electron chi connectivity index (χ4n) is 9.56. The largest absolute Gasteiger partial charge is 0.440 e. The number of anilines is 2. The third kappa shape index (κ3) is 8.74. The summed E-state index contributed by atoms with van der Waals surface area (Å²) in [5, 5.41) is 19.1. The molecule has 0 spiro atoms. The summed E-state index contributed by atoms with van der Waals surface area (Å²) in [4.78, 5) is 18.8. The number of hydrogen-bond acceptors (Lipinski definition) is 14. The minimum Gasteiger partial charge on any atom is -0.440 e. The second-order valence-electron chi connectivity index (χ2n) is 16.5. The van der Waals surface area contributed by atoms with E-state index in [9.17, 15) is 0 Å². The fraction of sp³-hybridized carbons (Fsp3) is 0.500. The van der Waals surface area contributed by atoms with E-state index in [1.165, 1.54) is 76.3 Å². The number of aromatic nitrogens is 8. The van der Waals surface area contributed by atoms with Crippen molar-refractivity contribution in [3.8, 4) is 23.2 Å². The Balaban J connectivity index is 0.000000154. The molecule has 14 nitrogen and oxygen atoms in total. The van der Waals surface area contributed by atoms with Gasteiger partial charge in [0.05, 0.1) is 11.4 Å². The lowest BCUT2D eigenvalue weighted by molar-refractivity contribution is 0.319. The molecule has 0 unspecified atom stereocenters. The number of thioether (sulfide) groups is 2. The molecule has 2 aromatic carbocycles. The summed E-state index contributed by atoms with van der Waals surface area (Å²) >= 11 is 3.53. The number of aryl methyl sites for hydroxylation is 2. The first-order valence-corrected chi connectivity index (χ1v) is 23.3. The maximum Gasteiger partial charge on any atom is 0.202 e. The molecule has 4 atom stereocenters. The van der Waals surface area contributed by atoms with E-state index in [0.29, 0.717) is 23.6 Å². The molecule has 0 aliphatic carbocycles. The Morgan fingerprint density at radius 3 is 1.42 bits per heavy atom. The first-order valence-electron chi connectivity index (χ1n) is 21.3. The second-order valence-corrected chi connectivity index (χ2v) is 18.6. The van der Waals surface area contributed by atoms with Crippen LogP contribution in [0.25, 0.3) is 23.2 Å². The highest BCUT2D eigenvalue weighted by atomic mass is 32.2. The van der Waals surface area contributed by atoms with E-state index in [-0.39, 0.29) is 0 Å². The minimum atomic E-state index is 0.673. The topological polar surface area (TPSA) is 126 Å². The van der Waals surface area contributed by atoms with Crippen molar-refractivity contribution in [2.75, 3.05) is 73.7 Å². The molecule has 8 heterocycles. The fourth-order valence-corrected chi connectivity index (χ4v) is 11.2. The summed E-state index contributed by atoms with van der Waals surface area (Å²) in [6.45, 7) is 13.4. The SMILES string of the molecule is Cc1ncoc1-c1nnc(SCCCN2C[C@@H]3CCN(c4ccccc4)[C@@H]3C2)n1C.Cc1ncoc1-c1nnc(SCCCN2C[C@H]3CCN(c4ccccc4)[C@H]3C2)n1C. The molecule has 4 aliphatic heterocycles. The predicted molar refractivity (Wildman–Crippen MR) is 237 cm³/mol. The second kappa shape index (κ2) is 18.5. The van der Waals surface area contributed by atoms with Crippen LogP contribution in [0.2, 0.25) is 0 Å². The van der Waals surface area contributed by atoms with Crippen LogP contribution < -0.4 is 9.80 Å². The van der Waals surface area contributed by atoms with Gasteiger partial charge in [-0.25, -0.2) is 9.97 Å². The van der Waals surface area contributed by atoms with Crippen LogP contribution in [0.3, 0.4) is 0 Å². The van der Waals surface area contributed by atoms with Gasteiger partial charge in [-0.15, -0.1) is 20.4 Å². The molecular formula is C44H56N12O2S2. The van der Waals surface area contributed by atoms with Gasteiger partial charge in [0.1, 0.15) is 0 Å². The number of rotatable bonds is 14. The van der Waals surface area contributed by atoms with E-state index in [0.717, 1.165) is 82.6 Å². The molecule has 0 N–H and O–H groups in total. The number of oxazole rings is 2. The molecule has 60 heavy (non-hydrogen) atoms. The average molecular weight is 849 g/mol. The highest BCUT2D eigenvalue weighted by Gasteiger charge is 2.42. The van der Waals surface area contributed by atoms with Crippen molar-refractivity contribution in [1.29, 1.82) is 0 Å².